The highest BCUT2D eigenvalue weighted by Crippen LogP contribution is 2.18. The normalized spacial score (nSPS) is 10.4. The summed E-state index contributed by atoms with van der Waals surface area (Å²) in [4.78, 5) is 24.3. The summed E-state index contributed by atoms with van der Waals surface area (Å²) < 4.78 is 17.8. The first-order valence-corrected chi connectivity index (χ1v) is 9.10. The van der Waals surface area contributed by atoms with Gasteiger partial charge in [-0.2, -0.15) is 0 Å². The Morgan fingerprint density at radius 2 is 1.80 bits per heavy atom. The zero-order chi connectivity index (χ0) is 17.9. The third kappa shape index (κ3) is 7.43. The highest BCUT2D eigenvalue weighted by atomic mass is 32.2. The third-order valence-corrected chi connectivity index (χ3v) is 4.44. The van der Waals surface area contributed by atoms with E-state index in [9.17, 15) is 14.0 Å². The van der Waals surface area contributed by atoms with Gasteiger partial charge in [-0.3, -0.25) is 9.59 Å². The van der Waals surface area contributed by atoms with Crippen molar-refractivity contribution in [3.8, 4) is 0 Å². The fourth-order valence-electron chi connectivity index (χ4n) is 2.05. The number of hydrogen-bond donors (Lipinski definition) is 2. The molecule has 0 saturated heterocycles. The molecule has 5 nitrogen and oxygen atoms in total. The van der Waals surface area contributed by atoms with Crippen LogP contribution in [-0.4, -0.2) is 30.7 Å². The van der Waals surface area contributed by atoms with Crippen molar-refractivity contribution in [2.45, 2.75) is 24.2 Å². The minimum Gasteiger partial charge on any atom is -0.459 e. The Balaban J connectivity index is 1.47. The Labute approximate surface area is 150 Å². The summed E-state index contributed by atoms with van der Waals surface area (Å²) in [5.41, 5.74) is 0. The van der Waals surface area contributed by atoms with Crippen LogP contribution in [-0.2, 0) is 4.79 Å². The van der Waals surface area contributed by atoms with Crippen LogP contribution in [0, 0.1) is 5.82 Å². The Morgan fingerprint density at radius 1 is 1.04 bits per heavy atom. The molecule has 0 unspecified atom stereocenters. The lowest BCUT2D eigenvalue weighted by atomic mass is 10.3. The van der Waals surface area contributed by atoms with Crippen LogP contribution >= 0.6 is 11.8 Å². The molecular weight excluding hydrogens is 343 g/mol. The van der Waals surface area contributed by atoms with Gasteiger partial charge in [-0.15, -0.1) is 11.8 Å². The zero-order valence-corrected chi connectivity index (χ0v) is 14.6. The number of carbonyl (C=O) groups excluding carboxylic acids is 2. The Morgan fingerprint density at radius 3 is 2.52 bits per heavy atom. The van der Waals surface area contributed by atoms with E-state index in [1.54, 1.807) is 36.0 Å². The number of thioether (sulfide) groups is 1. The number of benzene rings is 1. The summed E-state index contributed by atoms with van der Waals surface area (Å²) in [5.74, 6) is 0.577. The topological polar surface area (TPSA) is 71.3 Å². The lowest BCUT2D eigenvalue weighted by molar-refractivity contribution is -0.121. The minimum atomic E-state index is -0.275. The highest BCUT2D eigenvalue weighted by molar-refractivity contribution is 7.99. The van der Waals surface area contributed by atoms with Crippen LogP contribution in [0.2, 0.25) is 0 Å². The van der Waals surface area contributed by atoms with E-state index in [1.807, 2.05) is 0 Å². The molecule has 2 aromatic rings. The first kappa shape index (κ1) is 19.1. The first-order valence-electron chi connectivity index (χ1n) is 8.12. The zero-order valence-electron chi connectivity index (χ0n) is 13.8. The maximum atomic E-state index is 12.8. The fraction of sp³-hybridized carbons (Fsp3) is 0.333. The summed E-state index contributed by atoms with van der Waals surface area (Å²) in [6.07, 6.45) is 3.21. The molecule has 1 aromatic carbocycles. The smallest absolute Gasteiger partial charge is 0.286 e. The van der Waals surface area contributed by atoms with Gasteiger partial charge in [-0.1, -0.05) is 0 Å². The third-order valence-electron chi connectivity index (χ3n) is 3.34. The summed E-state index contributed by atoms with van der Waals surface area (Å²) in [5, 5.41) is 5.55. The second-order valence-corrected chi connectivity index (χ2v) is 6.51. The van der Waals surface area contributed by atoms with E-state index in [-0.39, 0.29) is 23.4 Å². The molecule has 2 N–H and O–H groups in total. The minimum absolute atomic E-state index is 0.0287. The number of carbonyl (C=O) groups is 2. The molecule has 0 saturated carbocycles. The predicted octanol–water partition coefficient (Wildman–Crippen LogP) is 3.23. The van der Waals surface area contributed by atoms with Gasteiger partial charge >= 0.3 is 0 Å². The number of halogens is 1. The number of nitrogens with one attached hydrogen (secondary N) is 2. The van der Waals surface area contributed by atoms with E-state index < -0.39 is 0 Å². The van der Waals surface area contributed by atoms with Gasteiger partial charge in [0.2, 0.25) is 5.91 Å². The SMILES string of the molecule is O=C(CCCNC(=O)c1ccco1)NCCCSc1ccc(F)cc1. The van der Waals surface area contributed by atoms with E-state index in [4.69, 9.17) is 4.42 Å². The summed E-state index contributed by atoms with van der Waals surface area (Å²) >= 11 is 1.63. The molecule has 0 aliphatic rings. The van der Waals surface area contributed by atoms with Crippen LogP contribution in [0.25, 0.3) is 0 Å². The van der Waals surface area contributed by atoms with Crippen molar-refractivity contribution in [3.63, 3.8) is 0 Å². The van der Waals surface area contributed by atoms with E-state index in [0.29, 0.717) is 25.9 Å². The number of hydrogen-bond acceptors (Lipinski definition) is 4. The average Bonchev–Trinajstić information content (AvgIpc) is 3.14. The van der Waals surface area contributed by atoms with Crippen molar-refractivity contribution in [2.24, 2.45) is 0 Å². The fourth-order valence-corrected chi connectivity index (χ4v) is 2.91. The van der Waals surface area contributed by atoms with Crippen molar-refractivity contribution in [1.82, 2.24) is 10.6 Å². The monoisotopic (exact) mass is 364 g/mol. The maximum absolute atomic E-state index is 12.8. The van der Waals surface area contributed by atoms with Crippen LogP contribution in [0.4, 0.5) is 4.39 Å². The Kier molecular flexibility index (Phi) is 8.04. The van der Waals surface area contributed by atoms with Gasteiger partial charge in [0, 0.05) is 24.4 Å². The summed E-state index contributed by atoms with van der Waals surface area (Å²) in [6, 6.07) is 9.61. The van der Waals surface area contributed by atoms with Crippen molar-refractivity contribution in [1.29, 1.82) is 0 Å². The molecule has 2 amide bonds. The Bertz CT molecular complexity index is 659. The second-order valence-electron chi connectivity index (χ2n) is 5.34. The molecule has 0 spiro atoms. The van der Waals surface area contributed by atoms with Gasteiger partial charge in [-0.05, 0) is 55.0 Å². The van der Waals surface area contributed by atoms with Gasteiger partial charge in [0.25, 0.3) is 5.91 Å². The van der Waals surface area contributed by atoms with Gasteiger partial charge in [0.15, 0.2) is 5.76 Å². The molecule has 134 valence electrons. The second kappa shape index (κ2) is 10.6. The van der Waals surface area contributed by atoms with E-state index in [2.05, 4.69) is 10.6 Å². The molecule has 1 aromatic heterocycles. The van der Waals surface area contributed by atoms with E-state index in [1.165, 1.54) is 18.4 Å². The first-order chi connectivity index (χ1) is 12.1. The van der Waals surface area contributed by atoms with E-state index in [0.717, 1.165) is 17.1 Å². The van der Waals surface area contributed by atoms with Crippen molar-refractivity contribution >= 4 is 23.6 Å². The van der Waals surface area contributed by atoms with Crippen molar-refractivity contribution < 1.29 is 18.4 Å². The standard InChI is InChI=1S/C18H21FN2O3S/c19-14-6-8-15(9-7-14)25-13-3-11-20-17(22)5-1-10-21-18(23)16-4-2-12-24-16/h2,4,6-9,12H,1,3,5,10-11,13H2,(H,20,22)(H,21,23). The molecule has 0 radical (unpaired) electrons. The maximum Gasteiger partial charge on any atom is 0.286 e. The molecule has 0 aliphatic heterocycles. The molecule has 25 heavy (non-hydrogen) atoms. The lowest BCUT2D eigenvalue weighted by Gasteiger charge is -2.06. The van der Waals surface area contributed by atoms with Gasteiger partial charge in [0.1, 0.15) is 5.82 Å². The molecule has 0 aliphatic carbocycles. The number of furan rings is 1. The molecular formula is C18H21FN2O3S. The molecule has 1 heterocycles. The molecule has 0 bridgehead atoms. The predicted molar refractivity (Wildman–Crippen MR) is 95.0 cm³/mol. The van der Waals surface area contributed by atoms with Crippen LogP contribution < -0.4 is 10.6 Å². The quantitative estimate of drug-likeness (QED) is 0.502. The van der Waals surface area contributed by atoms with Crippen molar-refractivity contribution in [2.75, 3.05) is 18.8 Å². The van der Waals surface area contributed by atoms with Gasteiger partial charge in [0.05, 0.1) is 6.26 Å². The average molecular weight is 364 g/mol. The van der Waals surface area contributed by atoms with E-state index >= 15 is 0 Å². The summed E-state index contributed by atoms with van der Waals surface area (Å²) in [7, 11) is 0. The van der Waals surface area contributed by atoms with Crippen LogP contribution in [0.3, 0.4) is 0 Å². The Hall–Kier alpha value is -2.28. The van der Waals surface area contributed by atoms with Crippen LogP contribution in [0.15, 0.2) is 52.0 Å². The molecule has 7 heteroatoms. The molecule has 0 atom stereocenters. The van der Waals surface area contributed by atoms with Crippen LogP contribution in [0.1, 0.15) is 29.8 Å². The number of amides is 2. The van der Waals surface area contributed by atoms with Gasteiger partial charge in [-0.25, -0.2) is 4.39 Å². The highest BCUT2D eigenvalue weighted by Gasteiger charge is 2.07. The molecule has 0 fully saturated rings. The van der Waals surface area contributed by atoms with Crippen molar-refractivity contribution in [3.05, 3.63) is 54.2 Å². The summed E-state index contributed by atoms with van der Waals surface area (Å²) in [6.45, 7) is 1.03. The van der Waals surface area contributed by atoms with Gasteiger partial charge < -0.3 is 15.1 Å². The lowest BCUT2D eigenvalue weighted by Crippen LogP contribution is -2.28. The molecule has 2 rings (SSSR count). The number of rotatable bonds is 10. The van der Waals surface area contributed by atoms with Crippen LogP contribution in [0.5, 0.6) is 0 Å². The largest absolute Gasteiger partial charge is 0.459 e.